The van der Waals surface area contributed by atoms with Crippen LogP contribution in [0.15, 0.2) is 18.2 Å². The van der Waals surface area contributed by atoms with Crippen molar-refractivity contribution >= 4 is 12.0 Å². The second-order valence-corrected chi connectivity index (χ2v) is 9.02. The highest BCUT2D eigenvalue weighted by Gasteiger charge is 2.39. The first-order valence-corrected chi connectivity index (χ1v) is 10.1. The van der Waals surface area contributed by atoms with Gasteiger partial charge in [0, 0.05) is 19.6 Å². The summed E-state index contributed by atoms with van der Waals surface area (Å²) >= 11 is 0. The molecule has 27 heavy (non-hydrogen) atoms. The summed E-state index contributed by atoms with van der Waals surface area (Å²) < 4.78 is 5.50. The molecule has 148 valence electrons. The van der Waals surface area contributed by atoms with Crippen molar-refractivity contribution in [1.29, 1.82) is 0 Å². The summed E-state index contributed by atoms with van der Waals surface area (Å²) in [5.41, 5.74) is 3.32. The molecule has 2 amide bonds. The van der Waals surface area contributed by atoms with Crippen LogP contribution in [0.4, 0.5) is 4.79 Å². The van der Waals surface area contributed by atoms with Crippen molar-refractivity contribution < 1.29 is 14.3 Å². The van der Waals surface area contributed by atoms with Gasteiger partial charge in [-0.1, -0.05) is 32.0 Å². The molecule has 1 atom stereocenters. The van der Waals surface area contributed by atoms with Crippen LogP contribution in [0.5, 0.6) is 0 Å². The monoisotopic (exact) mass is 372 g/mol. The average molecular weight is 373 g/mol. The molecule has 3 rings (SSSR count). The SMILES string of the molecule is CC(C)c1ccc2c(c1)CN(C(=O)C1CCCN1C(=O)OC(C)(C)C)CC2. The lowest BCUT2D eigenvalue weighted by Crippen LogP contribution is -2.50. The van der Waals surface area contributed by atoms with Crippen LogP contribution in [0.3, 0.4) is 0 Å². The fraction of sp³-hybridized carbons (Fsp3) is 0.636. The molecule has 5 heteroatoms. The van der Waals surface area contributed by atoms with Gasteiger partial charge < -0.3 is 9.64 Å². The molecular formula is C22H32N2O3. The quantitative estimate of drug-likeness (QED) is 0.785. The number of nitrogens with zero attached hydrogens (tertiary/aromatic N) is 2. The van der Waals surface area contributed by atoms with E-state index in [-0.39, 0.29) is 12.0 Å². The van der Waals surface area contributed by atoms with E-state index in [4.69, 9.17) is 4.74 Å². The standard InChI is InChI=1S/C22H32N2O3/c1-15(2)17-9-8-16-10-12-23(14-18(16)13-17)20(25)19-7-6-11-24(19)21(26)27-22(3,4)5/h8-9,13,15,19H,6-7,10-12,14H2,1-5H3. The van der Waals surface area contributed by atoms with Gasteiger partial charge in [0.05, 0.1) is 0 Å². The number of hydrogen-bond acceptors (Lipinski definition) is 3. The van der Waals surface area contributed by atoms with E-state index in [1.165, 1.54) is 16.7 Å². The predicted molar refractivity (Wildman–Crippen MR) is 106 cm³/mol. The van der Waals surface area contributed by atoms with Gasteiger partial charge in [-0.2, -0.15) is 0 Å². The van der Waals surface area contributed by atoms with Crippen LogP contribution in [0.2, 0.25) is 0 Å². The molecule has 2 aliphatic rings. The van der Waals surface area contributed by atoms with Gasteiger partial charge in [0.1, 0.15) is 11.6 Å². The molecule has 1 aromatic rings. The molecule has 1 fully saturated rings. The van der Waals surface area contributed by atoms with Crippen molar-refractivity contribution in [1.82, 2.24) is 9.80 Å². The van der Waals surface area contributed by atoms with Gasteiger partial charge in [-0.3, -0.25) is 9.69 Å². The molecule has 0 N–H and O–H groups in total. The smallest absolute Gasteiger partial charge is 0.410 e. The Morgan fingerprint density at radius 3 is 2.56 bits per heavy atom. The van der Waals surface area contributed by atoms with E-state index in [1.54, 1.807) is 4.90 Å². The zero-order valence-corrected chi connectivity index (χ0v) is 17.2. The van der Waals surface area contributed by atoms with E-state index < -0.39 is 11.6 Å². The molecule has 5 nitrogen and oxygen atoms in total. The molecule has 2 heterocycles. The maximum Gasteiger partial charge on any atom is 0.410 e. The number of carbonyl (C=O) groups is 2. The fourth-order valence-corrected chi connectivity index (χ4v) is 3.90. The number of likely N-dealkylation sites (tertiary alicyclic amines) is 1. The average Bonchev–Trinajstić information content (AvgIpc) is 3.08. The normalized spacial score (nSPS) is 20.0. The lowest BCUT2D eigenvalue weighted by molar-refractivity contribution is -0.136. The second-order valence-electron chi connectivity index (χ2n) is 9.02. The summed E-state index contributed by atoms with van der Waals surface area (Å²) in [5.74, 6) is 0.526. The maximum atomic E-state index is 13.2. The third kappa shape index (κ3) is 4.45. The summed E-state index contributed by atoms with van der Waals surface area (Å²) in [6.45, 7) is 11.9. The number of amides is 2. The molecule has 0 saturated carbocycles. The minimum absolute atomic E-state index is 0.0546. The number of hydrogen-bond donors (Lipinski definition) is 0. The highest BCUT2D eigenvalue weighted by Crippen LogP contribution is 2.27. The fourth-order valence-electron chi connectivity index (χ4n) is 3.90. The number of ether oxygens (including phenoxy) is 1. The number of rotatable bonds is 2. The van der Waals surface area contributed by atoms with Crippen LogP contribution in [-0.2, 0) is 22.5 Å². The van der Waals surface area contributed by atoms with E-state index in [2.05, 4.69) is 32.0 Å². The Kier molecular flexibility index (Phi) is 5.50. The van der Waals surface area contributed by atoms with Gasteiger partial charge in [-0.25, -0.2) is 4.79 Å². The molecule has 2 aliphatic heterocycles. The van der Waals surface area contributed by atoms with Crippen LogP contribution in [0, 0.1) is 0 Å². The summed E-state index contributed by atoms with van der Waals surface area (Å²) in [7, 11) is 0. The molecule has 1 aromatic carbocycles. The minimum atomic E-state index is -0.551. The van der Waals surface area contributed by atoms with Gasteiger partial charge in [0.2, 0.25) is 5.91 Å². The van der Waals surface area contributed by atoms with Crippen molar-refractivity contribution in [2.45, 2.75) is 78.0 Å². The third-order valence-corrected chi connectivity index (χ3v) is 5.39. The zero-order chi connectivity index (χ0) is 19.8. The van der Waals surface area contributed by atoms with Gasteiger partial charge >= 0.3 is 6.09 Å². The third-order valence-electron chi connectivity index (χ3n) is 5.39. The summed E-state index contributed by atoms with van der Waals surface area (Å²) in [4.78, 5) is 29.2. The summed E-state index contributed by atoms with van der Waals surface area (Å²) in [5, 5.41) is 0. The highest BCUT2D eigenvalue weighted by atomic mass is 16.6. The number of carbonyl (C=O) groups excluding carboxylic acids is 2. The maximum absolute atomic E-state index is 13.2. The van der Waals surface area contributed by atoms with E-state index in [0.717, 1.165) is 12.8 Å². The van der Waals surface area contributed by atoms with Crippen LogP contribution in [0.25, 0.3) is 0 Å². The summed E-state index contributed by atoms with van der Waals surface area (Å²) in [6, 6.07) is 6.24. The van der Waals surface area contributed by atoms with Gasteiger partial charge in [0.15, 0.2) is 0 Å². The van der Waals surface area contributed by atoms with E-state index in [0.29, 0.717) is 32.0 Å². The van der Waals surface area contributed by atoms with Crippen molar-refractivity contribution in [3.8, 4) is 0 Å². The Hall–Kier alpha value is -2.04. The Morgan fingerprint density at radius 2 is 1.89 bits per heavy atom. The van der Waals surface area contributed by atoms with Gasteiger partial charge in [0.25, 0.3) is 0 Å². The van der Waals surface area contributed by atoms with Crippen molar-refractivity contribution in [2.75, 3.05) is 13.1 Å². The Balaban J connectivity index is 1.72. The number of benzene rings is 1. The molecular weight excluding hydrogens is 340 g/mol. The van der Waals surface area contributed by atoms with Gasteiger partial charge in [-0.15, -0.1) is 0 Å². The van der Waals surface area contributed by atoms with E-state index >= 15 is 0 Å². The largest absolute Gasteiger partial charge is 0.444 e. The first-order chi connectivity index (χ1) is 12.7. The highest BCUT2D eigenvalue weighted by molar-refractivity contribution is 5.86. The van der Waals surface area contributed by atoms with E-state index in [1.807, 2.05) is 25.7 Å². The Morgan fingerprint density at radius 1 is 1.15 bits per heavy atom. The van der Waals surface area contributed by atoms with Crippen molar-refractivity contribution in [3.63, 3.8) is 0 Å². The van der Waals surface area contributed by atoms with Gasteiger partial charge in [-0.05, 0) is 62.6 Å². The Bertz CT molecular complexity index is 721. The van der Waals surface area contributed by atoms with E-state index in [9.17, 15) is 9.59 Å². The molecule has 1 unspecified atom stereocenters. The lowest BCUT2D eigenvalue weighted by Gasteiger charge is -2.34. The first kappa shape index (κ1) is 19.7. The van der Waals surface area contributed by atoms with Crippen LogP contribution < -0.4 is 0 Å². The second kappa shape index (κ2) is 7.53. The molecule has 1 saturated heterocycles. The summed E-state index contributed by atoms with van der Waals surface area (Å²) in [6.07, 6.45) is 2.06. The lowest BCUT2D eigenvalue weighted by atomic mass is 9.93. The zero-order valence-electron chi connectivity index (χ0n) is 17.2. The minimum Gasteiger partial charge on any atom is -0.444 e. The molecule has 0 radical (unpaired) electrons. The topological polar surface area (TPSA) is 49.9 Å². The predicted octanol–water partition coefficient (Wildman–Crippen LogP) is 4.09. The molecule has 0 aromatic heterocycles. The Labute approximate surface area is 162 Å². The van der Waals surface area contributed by atoms with Crippen molar-refractivity contribution in [3.05, 3.63) is 34.9 Å². The molecule has 0 aliphatic carbocycles. The van der Waals surface area contributed by atoms with Crippen LogP contribution >= 0.6 is 0 Å². The van der Waals surface area contributed by atoms with Crippen molar-refractivity contribution in [2.24, 2.45) is 0 Å². The molecule has 0 bridgehead atoms. The molecule has 0 spiro atoms. The van der Waals surface area contributed by atoms with Crippen LogP contribution in [-0.4, -0.2) is 46.5 Å². The first-order valence-electron chi connectivity index (χ1n) is 10.1. The number of fused-ring (bicyclic) bond motifs is 1. The van der Waals surface area contributed by atoms with Crippen LogP contribution in [0.1, 0.15) is 70.1 Å².